The fourth-order valence-corrected chi connectivity index (χ4v) is 11.6. The van der Waals surface area contributed by atoms with Gasteiger partial charge in [-0.3, -0.25) is 0 Å². The van der Waals surface area contributed by atoms with Gasteiger partial charge < -0.3 is 9.80 Å². The summed E-state index contributed by atoms with van der Waals surface area (Å²) in [5.74, 6) is 0. The fraction of sp³-hybridized carbons (Fsp3) is 0.104. The third kappa shape index (κ3) is 6.73. The molecule has 10 aromatic carbocycles. The van der Waals surface area contributed by atoms with Crippen LogP contribution >= 0.6 is 0 Å². The average Bonchev–Trinajstić information content (AvgIpc) is 3.77. The highest BCUT2D eigenvalue weighted by molar-refractivity contribution is 6.12. The van der Waals surface area contributed by atoms with Gasteiger partial charge in [-0.15, -0.1) is 0 Å². The van der Waals surface area contributed by atoms with Gasteiger partial charge in [0.05, 0.1) is 28.5 Å². The molecule has 4 heteroatoms. The zero-order valence-electron chi connectivity index (χ0n) is 40.7. The van der Waals surface area contributed by atoms with Crippen molar-refractivity contribution in [2.45, 2.75) is 45.4 Å². The van der Waals surface area contributed by atoms with Crippen molar-refractivity contribution in [1.29, 1.82) is 0 Å². The lowest BCUT2D eigenvalue weighted by atomic mass is 9.83. The second kappa shape index (κ2) is 16.3. The monoisotopic (exact) mass is 912 g/mol. The minimum Gasteiger partial charge on any atom is -0.310 e. The van der Waals surface area contributed by atoms with Gasteiger partial charge in [0, 0.05) is 55.8 Å². The van der Waals surface area contributed by atoms with Crippen LogP contribution < -0.4 is 9.80 Å². The Morgan fingerprint density at radius 3 is 1.28 bits per heavy atom. The lowest BCUT2D eigenvalue weighted by Gasteiger charge is -2.27. The summed E-state index contributed by atoms with van der Waals surface area (Å²) in [7, 11) is 0. The highest BCUT2D eigenvalue weighted by Gasteiger charge is 2.45. The van der Waals surface area contributed by atoms with E-state index in [1.54, 1.807) is 0 Å². The van der Waals surface area contributed by atoms with Crippen molar-refractivity contribution in [2.24, 2.45) is 0 Å². The van der Waals surface area contributed by atoms with E-state index in [0.29, 0.717) is 0 Å². The summed E-state index contributed by atoms with van der Waals surface area (Å²) in [5.41, 5.74) is 21.0. The van der Waals surface area contributed by atoms with Gasteiger partial charge in [-0.1, -0.05) is 185 Å². The van der Waals surface area contributed by atoms with Crippen LogP contribution in [0.5, 0.6) is 0 Å². The molecule has 340 valence electrons. The van der Waals surface area contributed by atoms with Gasteiger partial charge in [0.1, 0.15) is 0 Å². The van der Waals surface area contributed by atoms with E-state index in [0.717, 1.165) is 62.5 Å². The smallest absolute Gasteiger partial charge is 0.0933 e. The van der Waals surface area contributed by atoms with Crippen molar-refractivity contribution in [3.05, 3.63) is 253 Å². The van der Waals surface area contributed by atoms with Crippen molar-refractivity contribution < 1.29 is 0 Å². The first-order valence-electron chi connectivity index (χ1n) is 24.7. The maximum absolute atomic E-state index is 5.63. The molecule has 0 saturated carbocycles. The molecule has 1 aromatic heterocycles. The van der Waals surface area contributed by atoms with E-state index in [4.69, 9.17) is 9.97 Å². The van der Waals surface area contributed by atoms with Crippen molar-refractivity contribution in [1.82, 2.24) is 9.97 Å². The lowest BCUT2D eigenvalue weighted by Crippen LogP contribution is -2.20. The number of anilines is 6. The van der Waals surface area contributed by atoms with Gasteiger partial charge in [-0.2, -0.15) is 0 Å². The van der Waals surface area contributed by atoms with Crippen molar-refractivity contribution in [3.8, 4) is 44.8 Å². The highest BCUT2D eigenvalue weighted by atomic mass is 15.1. The Morgan fingerprint density at radius 2 is 0.718 bits per heavy atom. The van der Waals surface area contributed by atoms with Gasteiger partial charge in [0.2, 0.25) is 0 Å². The number of aryl methyl sites for hydroxylation is 1. The van der Waals surface area contributed by atoms with E-state index in [-0.39, 0.29) is 10.8 Å². The molecule has 0 amide bonds. The van der Waals surface area contributed by atoms with E-state index in [1.165, 1.54) is 66.1 Å². The van der Waals surface area contributed by atoms with Crippen LogP contribution in [0.3, 0.4) is 0 Å². The third-order valence-electron chi connectivity index (χ3n) is 15.2. The topological polar surface area (TPSA) is 32.3 Å². The number of nitrogens with zero attached hydrogens (tertiary/aromatic N) is 4. The summed E-state index contributed by atoms with van der Waals surface area (Å²) >= 11 is 0. The van der Waals surface area contributed by atoms with Crippen molar-refractivity contribution in [3.63, 3.8) is 0 Å². The maximum Gasteiger partial charge on any atom is 0.0933 e. The van der Waals surface area contributed by atoms with Crippen molar-refractivity contribution in [2.75, 3.05) is 9.80 Å². The summed E-state index contributed by atoms with van der Waals surface area (Å²) in [5, 5.41) is 4.86. The van der Waals surface area contributed by atoms with Crippen LogP contribution in [0.2, 0.25) is 0 Å². The summed E-state index contributed by atoms with van der Waals surface area (Å²) in [6.45, 7) is 11.4. The number of benzene rings is 10. The molecule has 0 spiro atoms. The van der Waals surface area contributed by atoms with E-state index >= 15 is 0 Å². The largest absolute Gasteiger partial charge is 0.310 e. The molecule has 13 rings (SSSR count). The highest BCUT2D eigenvalue weighted by Crippen LogP contribution is 2.55. The number of hydrogen-bond donors (Lipinski definition) is 0. The van der Waals surface area contributed by atoms with Crippen LogP contribution in [0.15, 0.2) is 224 Å². The maximum atomic E-state index is 5.63. The molecule has 0 aliphatic heterocycles. The zero-order valence-corrected chi connectivity index (χ0v) is 40.7. The minimum atomic E-state index is -0.366. The molecule has 2 aliphatic rings. The van der Waals surface area contributed by atoms with E-state index in [2.05, 4.69) is 269 Å². The standard InChI is InChI=1S/C67H52N4/c1-43-29-32-48(33-30-43)70(45-19-9-6-10-20-45)49-34-36-58-60(42-49)67(4,5)65-63(58)69-64-62(68-65)57-35-31-44(41-59(57)66(64,2)3)50-37-38-54(52-26-16-15-25-51(50)52)55-39-40-61(56-28-18-17-27-53(55)56)71(46-21-11-7-12-22-46)47-23-13-8-14-24-47/h6-42H,1-5H3. The molecule has 0 radical (unpaired) electrons. The summed E-state index contributed by atoms with van der Waals surface area (Å²) in [4.78, 5) is 16.0. The van der Waals surface area contributed by atoms with Gasteiger partial charge in [0.15, 0.2) is 0 Å². The molecule has 2 aliphatic carbocycles. The third-order valence-corrected chi connectivity index (χ3v) is 15.2. The van der Waals surface area contributed by atoms with Crippen LogP contribution in [-0.2, 0) is 10.8 Å². The number of hydrogen-bond acceptors (Lipinski definition) is 4. The molecule has 0 unspecified atom stereocenters. The first-order chi connectivity index (χ1) is 34.6. The van der Waals surface area contributed by atoms with Crippen LogP contribution in [0.1, 0.15) is 55.8 Å². The predicted molar refractivity (Wildman–Crippen MR) is 297 cm³/mol. The SMILES string of the molecule is Cc1ccc(N(c2ccccc2)c2ccc3c(c2)C(C)(C)c2nc4c(nc2-3)C(C)(C)c2cc(-c3ccc(-c5ccc(N(c6ccccc6)c6ccccc6)c6ccccc56)c5ccccc35)ccc2-4)cc1. The Balaban J connectivity index is 0.876. The zero-order chi connectivity index (χ0) is 48.0. The second-order valence-electron chi connectivity index (χ2n) is 20.3. The van der Waals surface area contributed by atoms with Crippen LogP contribution in [-0.4, -0.2) is 9.97 Å². The summed E-state index contributed by atoms with van der Waals surface area (Å²) in [6.07, 6.45) is 0. The number of rotatable bonds is 8. The van der Waals surface area contributed by atoms with Crippen LogP contribution in [0, 0.1) is 6.92 Å². The lowest BCUT2D eigenvalue weighted by molar-refractivity contribution is 0.617. The Morgan fingerprint density at radius 1 is 0.324 bits per heavy atom. The average molecular weight is 913 g/mol. The Labute approximate surface area is 416 Å². The molecule has 0 saturated heterocycles. The summed E-state index contributed by atoms with van der Waals surface area (Å²) < 4.78 is 0. The molecule has 71 heavy (non-hydrogen) atoms. The molecular formula is C67H52N4. The van der Waals surface area contributed by atoms with Gasteiger partial charge >= 0.3 is 0 Å². The molecule has 0 N–H and O–H groups in total. The van der Waals surface area contributed by atoms with Gasteiger partial charge in [-0.05, 0) is 129 Å². The molecule has 11 aromatic rings. The Bertz CT molecular complexity index is 3840. The van der Waals surface area contributed by atoms with Gasteiger partial charge in [-0.25, -0.2) is 9.97 Å². The van der Waals surface area contributed by atoms with Crippen molar-refractivity contribution >= 4 is 55.7 Å². The molecule has 4 nitrogen and oxygen atoms in total. The first kappa shape index (κ1) is 42.5. The molecule has 0 fully saturated rings. The van der Waals surface area contributed by atoms with E-state index in [1.807, 2.05) is 0 Å². The normalized spacial score (nSPS) is 13.6. The first-order valence-corrected chi connectivity index (χ1v) is 24.7. The minimum absolute atomic E-state index is 0.360. The van der Waals surface area contributed by atoms with Crippen LogP contribution in [0.25, 0.3) is 66.3 Å². The Kier molecular flexibility index (Phi) is 9.73. The fourth-order valence-electron chi connectivity index (χ4n) is 11.6. The van der Waals surface area contributed by atoms with E-state index in [9.17, 15) is 0 Å². The number of fused-ring (bicyclic) bond motifs is 8. The second-order valence-corrected chi connectivity index (χ2v) is 20.3. The predicted octanol–water partition coefficient (Wildman–Crippen LogP) is 18.0. The Hall–Kier alpha value is -8.60. The molecule has 0 bridgehead atoms. The summed E-state index contributed by atoms with van der Waals surface area (Å²) in [6, 6.07) is 81.6. The number of para-hydroxylation sites is 3. The molecular weight excluding hydrogens is 861 g/mol. The molecule has 1 heterocycles. The number of aromatic nitrogens is 2. The van der Waals surface area contributed by atoms with Gasteiger partial charge in [0.25, 0.3) is 0 Å². The quantitative estimate of drug-likeness (QED) is 0.152. The van der Waals surface area contributed by atoms with E-state index < -0.39 is 0 Å². The van der Waals surface area contributed by atoms with Crippen LogP contribution in [0.4, 0.5) is 34.1 Å². The molecule has 0 atom stereocenters.